The van der Waals surface area contributed by atoms with Crippen LogP contribution >= 0.6 is 22.6 Å². The highest BCUT2D eigenvalue weighted by Gasteiger charge is 2.26. The number of aliphatic hydroxyl groups is 1. The van der Waals surface area contributed by atoms with Gasteiger partial charge in [0.15, 0.2) is 0 Å². The Morgan fingerprint density at radius 3 is 2.32 bits per heavy atom. The fraction of sp³-hybridized carbons (Fsp3) is 0.333. The lowest BCUT2D eigenvalue weighted by molar-refractivity contribution is -0.147. The van der Waals surface area contributed by atoms with Crippen molar-refractivity contribution in [2.75, 3.05) is 24.1 Å². The third-order valence-corrected chi connectivity index (χ3v) is 10.8. The molecular formula is C45H51IN4O9. The molecule has 0 aliphatic rings. The molecule has 0 spiro atoms. The van der Waals surface area contributed by atoms with Crippen molar-refractivity contribution in [3.8, 4) is 11.5 Å². The number of hydrogen-bond acceptors (Lipinski definition) is 10. The summed E-state index contributed by atoms with van der Waals surface area (Å²) < 4.78 is 17.8. The number of nitrogens with one attached hydrogen (secondary N) is 4. The van der Waals surface area contributed by atoms with Gasteiger partial charge < -0.3 is 45.4 Å². The number of phenolic OH excluding ortho intramolecular Hbond substituents is 1. The van der Waals surface area contributed by atoms with E-state index in [1.54, 1.807) is 36.4 Å². The number of esters is 1. The van der Waals surface area contributed by atoms with E-state index in [-0.39, 0.29) is 48.6 Å². The number of alkyl halides is 1. The van der Waals surface area contributed by atoms with Crippen LogP contribution in [0.4, 0.5) is 4.79 Å². The van der Waals surface area contributed by atoms with Crippen molar-refractivity contribution >= 4 is 51.5 Å². The zero-order valence-electron chi connectivity index (χ0n) is 33.3. The normalized spacial score (nSPS) is 13.3. The molecular weight excluding hydrogens is 867 g/mol. The Kier molecular flexibility index (Phi) is 16.7. The second-order valence-corrected chi connectivity index (χ2v) is 15.4. The topological polar surface area (TPSA) is 188 Å². The number of rotatable bonds is 20. The second-order valence-electron chi connectivity index (χ2n) is 14.5. The first-order chi connectivity index (χ1) is 28.4. The molecule has 5 aromatic rings. The van der Waals surface area contributed by atoms with E-state index in [1.165, 1.54) is 12.1 Å². The van der Waals surface area contributed by atoms with Gasteiger partial charge in [-0.25, -0.2) is 9.59 Å². The van der Waals surface area contributed by atoms with Gasteiger partial charge in [-0.05, 0) is 90.9 Å². The number of hydrogen-bond donors (Lipinski definition) is 6. The molecule has 4 atom stereocenters. The maximum absolute atomic E-state index is 13.2. The Bertz CT molecular complexity index is 2220. The second kappa shape index (κ2) is 22.1. The smallest absolute Gasteiger partial charge is 0.408 e. The maximum Gasteiger partial charge on any atom is 0.408 e. The van der Waals surface area contributed by atoms with Crippen LogP contribution in [0, 0.1) is 5.92 Å². The van der Waals surface area contributed by atoms with Crippen LogP contribution in [0.15, 0.2) is 108 Å². The number of carbonyl (C=O) groups excluding carboxylic acids is 3. The van der Waals surface area contributed by atoms with Crippen molar-refractivity contribution in [2.45, 2.75) is 64.5 Å². The molecule has 1 aromatic heterocycles. The number of alkyl carbamates (subject to hydrolysis) is 1. The minimum absolute atomic E-state index is 0.0713. The molecule has 0 saturated heterocycles. The fourth-order valence-corrected chi connectivity index (χ4v) is 6.49. The number of unbranched alkanes of at least 4 members (excludes halogenated alkanes) is 1. The SMILES string of the molecule is CC(C)[C@H](NC(=O)c1ccc(COc2cccc([C@@H](NC(=O)O[C@H](C)CI)c3ccccc3)c2)cc1)C(=O)OCCCCNC[C@H](O)c1ccc(O)c2[nH]c(=O)ccc12. The van der Waals surface area contributed by atoms with Gasteiger partial charge in [-0.15, -0.1) is 0 Å². The molecule has 0 radical (unpaired) electrons. The number of carbonyl (C=O) groups is 3. The van der Waals surface area contributed by atoms with Crippen molar-refractivity contribution in [3.63, 3.8) is 0 Å². The van der Waals surface area contributed by atoms with E-state index in [0.29, 0.717) is 46.1 Å². The summed E-state index contributed by atoms with van der Waals surface area (Å²) >= 11 is 2.17. The molecule has 5 rings (SSSR count). The summed E-state index contributed by atoms with van der Waals surface area (Å²) in [6.07, 6.45) is -0.362. The quantitative estimate of drug-likeness (QED) is 0.0209. The van der Waals surface area contributed by atoms with Gasteiger partial charge in [0.2, 0.25) is 5.56 Å². The van der Waals surface area contributed by atoms with Gasteiger partial charge in [-0.3, -0.25) is 9.59 Å². The van der Waals surface area contributed by atoms with E-state index in [9.17, 15) is 29.4 Å². The third-order valence-electron chi connectivity index (χ3n) is 9.54. The van der Waals surface area contributed by atoms with E-state index < -0.39 is 36.2 Å². The standard InChI is InChI=1S/C45H51IN4O9/c1-28(2)40(44(55)57-23-8-7-22-47-26-38(52)35-18-20-37(51)42-36(35)19-21-39(53)48-42)49-43(54)32-16-14-30(15-17-32)27-58-34-13-9-12-33(24-34)41(31-10-5-4-6-11-31)50-45(56)59-29(3)25-46/h4-6,9-21,24,28-29,38,40-41,47,51-52H,7-8,22-23,25-27H2,1-3H3,(H,48,53)(H,49,54)(H,50,56)/t29-,38+,40+,41+/m1/s1. The van der Waals surface area contributed by atoms with Gasteiger partial charge in [0, 0.05) is 28.0 Å². The zero-order chi connectivity index (χ0) is 42.3. The summed E-state index contributed by atoms with van der Waals surface area (Å²) in [5, 5.41) is 30.4. The number of aromatic nitrogens is 1. The zero-order valence-corrected chi connectivity index (χ0v) is 35.4. The molecule has 59 heavy (non-hydrogen) atoms. The fourth-order valence-electron chi connectivity index (χ4n) is 6.31. The predicted molar refractivity (Wildman–Crippen MR) is 234 cm³/mol. The maximum atomic E-state index is 13.2. The van der Waals surface area contributed by atoms with Gasteiger partial charge >= 0.3 is 12.1 Å². The van der Waals surface area contributed by atoms with E-state index in [4.69, 9.17) is 14.2 Å². The van der Waals surface area contributed by atoms with Crippen LogP contribution in [0.3, 0.4) is 0 Å². The van der Waals surface area contributed by atoms with Crippen molar-refractivity contribution in [1.29, 1.82) is 0 Å². The van der Waals surface area contributed by atoms with Crippen LogP contribution in [0.2, 0.25) is 0 Å². The molecule has 0 aliphatic carbocycles. The molecule has 0 fully saturated rings. The van der Waals surface area contributed by atoms with Crippen LogP contribution in [-0.4, -0.2) is 69.4 Å². The number of amides is 2. The lowest BCUT2D eigenvalue weighted by Crippen LogP contribution is -2.45. The average molecular weight is 919 g/mol. The van der Waals surface area contributed by atoms with Gasteiger partial charge in [0.05, 0.1) is 24.3 Å². The largest absolute Gasteiger partial charge is 0.506 e. The Balaban J connectivity index is 1.06. The van der Waals surface area contributed by atoms with Crippen molar-refractivity contribution in [2.24, 2.45) is 5.92 Å². The summed E-state index contributed by atoms with van der Waals surface area (Å²) in [5.74, 6) is -0.596. The first kappa shape index (κ1) is 44.6. The molecule has 1 heterocycles. The Labute approximate surface area is 357 Å². The first-order valence-electron chi connectivity index (χ1n) is 19.5. The molecule has 312 valence electrons. The minimum Gasteiger partial charge on any atom is -0.506 e. The summed E-state index contributed by atoms with van der Waals surface area (Å²) in [6.45, 7) is 6.72. The molecule has 2 amide bonds. The lowest BCUT2D eigenvalue weighted by Gasteiger charge is -2.21. The Morgan fingerprint density at radius 2 is 1.59 bits per heavy atom. The first-order valence-corrected chi connectivity index (χ1v) is 21.1. The summed E-state index contributed by atoms with van der Waals surface area (Å²) in [5.41, 5.74) is 3.44. The van der Waals surface area contributed by atoms with Crippen LogP contribution in [0.5, 0.6) is 11.5 Å². The van der Waals surface area contributed by atoms with E-state index in [0.717, 1.165) is 16.7 Å². The monoisotopic (exact) mass is 918 g/mol. The number of fused-ring (bicyclic) bond motifs is 1. The molecule has 0 unspecified atom stereocenters. The Hall–Kier alpha value is -5.45. The van der Waals surface area contributed by atoms with Gasteiger partial charge in [0.25, 0.3) is 5.91 Å². The van der Waals surface area contributed by atoms with E-state index in [1.807, 2.05) is 75.4 Å². The van der Waals surface area contributed by atoms with Crippen LogP contribution in [0.25, 0.3) is 10.9 Å². The number of benzene rings is 4. The third kappa shape index (κ3) is 13.0. The number of H-pyrrole nitrogens is 1. The summed E-state index contributed by atoms with van der Waals surface area (Å²) in [4.78, 5) is 53.2. The molecule has 4 aromatic carbocycles. The van der Waals surface area contributed by atoms with E-state index in [2.05, 4.69) is 43.5 Å². The van der Waals surface area contributed by atoms with Gasteiger partial charge in [-0.2, -0.15) is 0 Å². The minimum atomic E-state index is -0.874. The number of halogens is 1. The number of aromatic hydroxyl groups is 1. The lowest BCUT2D eigenvalue weighted by atomic mass is 9.98. The summed E-state index contributed by atoms with van der Waals surface area (Å²) in [7, 11) is 0. The number of aromatic amines is 1. The molecule has 0 bridgehead atoms. The number of ether oxygens (including phenoxy) is 3. The number of phenols is 1. The highest BCUT2D eigenvalue weighted by Crippen LogP contribution is 2.29. The Morgan fingerprint density at radius 1 is 0.847 bits per heavy atom. The van der Waals surface area contributed by atoms with Crippen LogP contribution in [-0.2, 0) is 20.9 Å². The molecule has 0 saturated carbocycles. The van der Waals surface area contributed by atoms with Crippen LogP contribution < -0.4 is 26.2 Å². The number of pyridine rings is 1. The van der Waals surface area contributed by atoms with Crippen molar-refractivity contribution < 1.29 is 38.8 Å². The molecule has 14 heteroatoms. The van der Waals surface area contributed by atoms with E-state index >= 15 is 0 Å². The molecule has 6 N–H and O–H groups in total. The van der Waals surface area contributed by atoms with Crippen molar-refractivity contribution in [1.82, 2.24) is 20.9 Å². The van der Waals surface area contributed by atoms with Crippen LogP contribution in [0.1, 0.15) is 78.4 Å². The summed E-state index contributed by atoms with van der Waals surface area (Å²) in [6, 6.07) is 28.8. The molecule has 0 aliphatic heterocycles. The molecule has 13 nitrogen and oxygen atoms in total. The average Bonchev–Trinajstić information content (AvgIpc) is 3.24. The number of aliphatic hydroxyl groups excluding tert-OH is 1. The predicted octanol–water partition coefficient (Wildman–Crippen LogP) is 6.85. The highest BCUT2D eigenvalue weighted by molar-refractivity contribution is 14.1. The van der Waals surface area contributed by atoms with Crippen molar-refractivity contribution in [3.05, 3.63) is 141 Å². The van der Waals surface area contributed by atoms with Gasteiger partial charge in [-0.1, -0.05) is 97.1 Å². The van der Waals surface area contributed by atoms with Gasteiger partial charge in [0.1, 0.15) is 30.3 Å². The highest BCUT2D eigenvalue weighted by atomic mass is 127.